The molecule has 5 nitrogen and oxygen atoms in total. The molecule has 0 spiro atoms. The van der Waals surface area contributed by atoms with E-state index in [1.807, 2.05) is 0 Å². The summed E-state index contributed by atoms with van der Waals surface area (Å²) in [7, 11) is 1.29. The summed E-state index contributed by atoms with van der Waals surface area (Å²) in [4.78, 5) is 22.8. The molecule has 1 amide bonds. The average Bonchev–Trinajstić information content (AvgIpc) is 2.46. The molecule has 0 aliphatic rings. The van der Waals surface area contributed by atoms with Gasteiger partial charge in [0.15, 0.2) is 6.61 Å². The van der Waals surface area contributed by atoms with Crippen molar-refractivity contribution in [2.75, 3.05) is 24.9 Å². The number of rotatable bonds is 6. The van der Waals surface area contributed by atoms with Crippen LogP contribution >= 0.6 is 11.6 Å². The van der Waals surface area contributed by atoms with Crippen LogP contribution in [0, 0.1) is 5.41 Å². The number of halogens is 1. The van der Waals surface area contributed by atoms with E-state index in [9.17, 15) is 9.59 Å². The van der Waals surface area contributed by atoms with Gasteiger partial charge in [0.2, 0.25) is 5.91 Å². The second-order valence-electron chi connectivity index (χ2n) is 4.86. The summed E-state index contributed by atoms with van der Waals surface area (Å²) in [6.07, 6.45) is 0. The van der Waals surface area contributed by atoms with Crippen LogP contribution in [0.5, 0.6) is 5.75 Å². The standard InChI is InChI=1S/C14H18ClNO4/c1-14(2,9-15)13(18)16-10-4-6-11(7-5-10)20-8-12(17)19-3/h4-7H,8-9H2,1-3H3,(H,16,18). The molecule has 0 aliphatic heterocycles. The number of alkyl halides is 1. The van der Waals surface area contributed by atoms with Crippen LogP contribution in [0.15, 0.2) is 24.3 Å². The molecule has 0 atom stereocenters. The van der Waals surface area contributed by atoms with Gasteiger partial charge in [0.25, 0.3) is 0 Å². The number of esters is 1. The first-order valence-electron chi connectivity index (χ1n) is 6.06. The SMILES string of the molecule is COC(=O)COc1ccc(NC(=O)C(C)(C)CCl)cc1. The number of carbonyl (C=O) groups is 2. The maximum atomic E-state index is 11.9. The Labute approximate surface area is 123 Å². The van der Waals surface area contributed by atoms with Gasteiger partial charge in [-0.25, -0.2) is 4.79 Å². The van der Waals surface area contributed by atoms with Crippen LogP contribution in [0.4, 0.5) is 5.69 Å². The highest BCUT2D eigenvalue weighted by molar-refractivity contribution is 6.20. The molecule has 0 aliphatic carbocycles. The first-order chi connectivity index (χ1) is 9.39. The van der Waals surface area contributed by atoms with Gasteiger partial charge in [-0.1, -0.05) is 0 Å². The van der Waals surface area contributed by atoms with Crippen LogP contribution < -0.4 is 10.1 Å². The molecule has 0 heterocycles. The zero-order valence-corrected chi connectivity index (χ0v) is 12.5. The quantitative estimate of drug-likeness (QED) is 0.647. The smallest absolute Gasteiger partial charge is 0.343 e. The molecule has 0 radical (unpaired) electrons. The highest BCUT2D eigenvalue weighted by Crippen LogP contribution is 2.21. The maximum Gasteiger partial charge on any atom is 0.343 e. The van der Waals surface area contributed by atoms with Gasteiger partial charge in [-0.2, -0.15) is 0 Å². The van der Waals surface area contributed by atoms with Crippen LogP contribution in [0.25, 0.3) is 0 Å². The molecule has 6 heteroatoms. The van der Waals surface area contributed by atoms with Gasteiger partial charge in [-0.15, -0.1) is 11.6 Å². The molecule has 0 aromatic heterocycles. The van der Waals surface area contributed by atoms with Gasteiger partial charge < -0.3 is 14.8 Å². The van der Waals surface area contributed by atoms with Crippen molar-refractivity contribution >= 4 is 29.2 Å². The third-order valence-electron chi connectivity index (χ3n) is 2.65. The summed E-state index contributed by atoms with van der Waals surface area (Å²) in [5.74, 6) is 0.145. The lowest BCUT2D eigenvalue weighted by Crippen LogP contribution is -2.32. The number of benzene rings is 1. The topological polar surface area (TPSA) is 64.6 Å². The molecule has 0 saturated carbocycles. The fourth-order valence-electron chi connectivity index (χ4n) is 1.20. The molecule has 110 valence electrons. The van der Waals surface area contributed by atoms with Crippen LogP contribution in [0.2, 0.25) is 0 Å². The molecule has 0 fully saturated rings. The summed E-state index contributed by atoms with van der Waals surface area (Å²) in [6.45, 7) is 3.38. The summed E-state index contributed by atoms with van der Waals surface area (Å²) in [6, 6.07) is 6.70. The van der Waals surface area contributed by atoms with Crippen molar-refractivity contribution in [2.24, 2.45) is 5.41 Å². The van der Waals surface area contributed by atoms with E-state index in [1.54, 1.807) is 38.1 Å². The van der Waals surface area contributed by atoms with Crippen molar-refractivity contribution in [3.63, 3.8) is 0 Å². The Morgan fingerprint density at radius 1 is 1.25 bits per heavy atom. The lowest BCUT2D eigenvalue weighted by Gasteiger charge is -2.20. The Balaban J connectivity index is 2.59. The first kappa shape index (κ1) is 16.3. The molecule has 0 bridgehead atoms. The number of anilines is 1. The van der Waals surface area contributed by atoms with Gasteiger partial charge >= 0.3 is 5.97 Å². The van der Waals surface area contributed by atoms with E-state index < -0.39 is 11.4 Å². The predicted molar refractivity (Wildman–Crippen MR) is 77.1 cm³/mol. The molecule has 1 N–H and O–H groups in total. The molecular formula is C14H18ClNO4. The molecule has 1 aromatic rings. The highest BCUT2D eigenvalue weighted by Gasteiger charge is 2.26. The van der Waals surface area contributed by atoms with Crippen molar-refractivity contribution in [1.29, 1.82) is 0 Å². The third kappa shape index (κ3) is 4.74. The fourth-order valence-corrected chi connectivity index (χ4v) is 1.32. The van der Waals surface area contributed by atoms with E-state index in [0.29, 0.717) is 11.4 Å². The lowest BCUT2D eigenvalue weighted by atomic mass is 9.95. The van der Waals surface area contributed by atoms with Crippen molar-refractivity contribution in [1.82, 2.24) is 0 Å². The average molecular weight is 300 g/mol. The van der Waals surface area contributed by atoms with Crippen molar-refractivity contribution in [3.8, 4) is 5.75 Å². The number of carbonyl (C=O) groups excluding carboxylic acids is 2. The van der Waals surface area contributed by atoms with Crippen LogP contribution in [0.3, 0.4) is 0 Å². The van der Waals surface area contributed by atoms with Gasteiger partial charge in [0, 0.05) is 11.6 Å². The molecule has 1 rings (SSSR count). The van der Waals surface area contributed by atoms with Crippen molar-refractivity contribution in [2.45, 2.75) is 13.8 Å². The minimum atomic E-state index is -0.637. The summed E-state index contributed by atoms with van der Waals surface area (Å²) in [5.41, 5.74) is 0.000311. The lowest BCUT2D eigenvalue weighted by molar-refractivity contribution is -0.142. The number of hydrogen-bond acceptors (Lipinski definition) is 4. The van der Waals surface area contributed by atoms with E-state index >= 15 is 0 Å². The van der Waals surface area contributed by atoms with E-state index in [1.165, 1.54) is 7.11 Å². The van der Waals surface area contributed by atoms with E-state index in [0.717, 1.165) is 0 Å². The van der Waals surface area contributed by atoms with Crippen LogP contribution in [-0.4, -0.2) is 31.5 Å². The fraction of sp³-hybridized carbons (Fsp3) is 0.429. The Morgan fingerprint density at radius 3 is 2.35 bits per heavy atom. The third-order valence-corrected chi connectivity index (χ3v) is 3.31. The zero-order chi connectivity index (χ0) is 15.2. The zero-order valence-electron chi connectivity index (χ0n) is 11.7. The number of nitrogens with one attached hydrogen (secondary N) is 1. The minimum absolute atomic E-state index is 0.151. The largest absolute Gasteiger partial charge is 0.482 e. The Morgan fingerprint density at radius 2 is 1.85 bits per heavy atom. The second-order valence-corrected chi connectivity index (χ2v) is 5.13. The number of hydrogen-bond donors (Lipinski definition) is 1. The Kier molecular flexibility index (Phi) is 5.82. The first-order valence-corrected chi connectivity index (χ1v) is 6.59. The summed E-state index contributed by atoms with van der Waals surface area (Å²) < 4.78 is 9.66. The highest BCUT2D eigenvalue weighted by atomic mass is 35.5. The van der Waals surface area contributed by atoms with E-state index in [-0.39, 0.29) is 18.4 Å². The minimum Gasteiger partial charge on any atom is -0.482 e. The predicted octanol–water partition coefficient (Wildman–Crippen LogP) is 2.44. The van der Waals surface area contributed by atoms with Crippen LogP contribution in [0.1, 0.15) is 13.8 Å². The number of methoxy groups -OCH3 is 1. The van der Waals surface area contributed by atoms with Crippen molar-refractivity contribution in [3.05, 3.63) is 24.3 Å². The summed E-state index contributed by atoms with van der Waals surface area (Å²) >= 11 is 5.74. The Bertz CT molecular complexity index is 471. The van der Waals surface area contributed by atoms with Crippen LogP contribution in [-0.2, 0) is 14.3 Å². The van der Waals surface area contributed by atoms with Gasteiger partial charge in [0.05, 0.1) is 12.5 Å². The molecule has 20 heavy (non-hydrogen) atoms. The van der Waals surface area contributed by atoms with Crippen molar-refractivity contribution < 1.29 is 19.1 Å². The Hall–Kier alpha value is -1.75. The second kappa shape index (κ2) is 7.14. The molecule has 0 saturated heterocycles. The molecule has 0 unspecified atom stereocenters. The monoisotopic (exact) mass is 299 g/mol. The van der Waals surface area contributed by atoms with E-state index in [4.69, 9.17) is 16.3 Å². The molecule has 1 aromatic carbocycles. The van der Waals surface area contributed by atoms with E-state index in [2.05, 4.69) is 10.1 Å². The van der Waals surface area contributed by atoms with Gasteiger partial charge in [-0.05, 0) is 38.1 Å². The van der Waals surface area contributed by atoms with Gasteiger partial charge in [-0.3, -0.25) is 4.79 Å². The normalized spacial score (nSPS) is 10.8. The van der Waals surface area contributed by atoms with Gasteiger partial charge in [0.1, 0.15) is 5.75 Å². The number of ether oxygens (including phenoxy) is 2. The maximum absolute atomic E-state index is 11.9. The number of amides is 1. The summed E-state index contributed by atoms with van der Waals surface area (Å²) in [5, 5.41) is 2.77. The molecular weight excluding hydrogens is 282 g/mol.